The number of hydrogen-bond acceptors (Lipinski definition) is 3. The molecule has 1 aliphatic heterocycles. The summed E-state index contributed by atoms with van der Waals surface area (Å²) in [6.45, 7) is 15.5. The molecule has 0 amide bonds. The smallest absolute Gasteiger partial charge is 0.161 e. The van der Waals surface area contributed by atoms with Gasteiger partial charge in [-0.25, -0.2) is 0 Å². The Hall–Kier alpha value is -0.453. The number of ketones is 1. The monoisotopic (exact) mass is 366 g/mol. The lowest BCUT2D eigenvalue weighted by Crippen LogP contribution is -2.44. The van der Waals surface area contributed by atoms with E-state index < -0.39 is 8.07 Å². The van der Waals surface area contributed by atoms with Gasteiger partial charge in [-0.05, 0) is 38.8 Å². The Balaban J connectivity index is 2.01. The Labute approximate surface area is 155 Å². The summed E-state index contributed by atoms with van der Waals surface area (Å²) in [7, 11) is -1.53. The van der Waals surface area contributed by atoms with Crippen molar-refractivity contribution < 1.29 is 14.3 Å². The van der Waals surface area contributed by atoms with Crippen LogP contribution in [0.2, 0.25) is 19.6 Å². The minimum Gasteiger partial charge on any atom is -0.370 e. The predicted molar refractivity (Wildman–Crippen MR) is 107 cm³/mol. The molecule has 1 fully saturated rings. The molecule has 0 aromatic heterocycles. The summed E-state index contributed by atoms with van der Waals surface area (Å²) in [5.74, 6) is 0.257. The normalized spacial score (nSPS) is 29.9. The van der Waals surface area contributed by atoms with E-state index in [1.165, 1.54) is 25.7 Å². The minimum atomic E-state index is -1.53. The molecule has 3 nitrogen and oxygen atoms in total. The quantitative estimate of drug-likeness (QED) is 0.310. The first-order valence-electron chi connectivity index (χ1n) is 10.1. The third kappa shape index (κ3) is 5.27. The van der Waals surface area contributed by atoms with Crippen LogP contribution in [0.1, 0.15) is 72.6 Å². The molecule has 2 aliphatic rings. The van der Waals surface area contributed by atoms with Crippen molar-refractivity contribution in [2.45, 2.75) is 115 Å². The maximum absolute atomic E-state index is 12.5. The van der Waals surface area contributed by atoms with Gasteiger partial charge in [0.2, 0.25) is 0 Å². The van der Waals surface area contributed by atoms with Gasteiger partial charge in [-0.1, -0.05) is 52.2 Å². The SMILES string of the molecule is CCCCCCC1OC1(CC1=CC(OC(C)(C)C)CC1=O)[Si](C)(C)C. The molecule has 1 heterocycles. The summed E-state index contributed by atoms with van der Waals surface area (Å²) in [6, 6.07) is 0. The highest BCUT2D eigenvalue weighted by Crippen LogP contribution is 2.51. The van der Waals surface area contributed by atoms with Crippen molar-refractivity contribution in [1.29, 1.82) is 0 Å². The summed E-state index contributed by atoms with van der Waals surface area (Å²) in [5.41, 5.74) is 0.735. The number of carbonyl (C=O) groups is 1. The van der Waals surface area contributed by atoms with Crippen LogP contribution in [0.5, 0.6) is 0 Å². The summed E-state index contributed by atoms with van der Waals surface area (Å²) in [5, 5.41) is -0.0443. The fraction of sp³-hybridized carbons (Fsp3) is 0.857. The summed E-state index contributed by atoms with van der Waals surface area (Å²) in [6.07, 6.45) is 9.91. The Morgan fingerprint density at radius 1 is 1.24 bits per heavy atom. The first-order valence-corrected chi connectivity index (χ1v) is 13.6. The second kappa shape index (κ2) is 7.65. The van der Waals surface area contributed by atoms with E-state index in [-0.39, 0.29) is 22.7 Å². The average molecular weight is 367 g/mol. The van der Waals surface area contributed by atoms with Crippen molar-refractivity contribution in [2.75, 3.05) is 0 Å². The molecule has 3 atom stereocenters. The molecule has 144 valence electrons. The van der Waals surface area contributed by atoms with Crippen LogP contribution in [0.3, 0.4) is 0 Å². The van der Waals surface area contributed by atoms with Crippen molar-refractivity contribution in [3.05, 3.63) is 11.6 Å². The van der Waals surface area contributed by atoms with Gasteiger partial charge >= 0.3 is 0 Å². The number of Topliss-reactive ketones (excluding diaryl/α,β-unsaturated/α-hetero) is 1. The first kappa shape index (κ1) is 20.9. The van der Waals surface area contributed by atoms with E-state index in [0.717, 1.165) is 18.4 Å². The van der Waals surface area contributed by atoms with Crippen LogP contribution in [-0.2, 0) is 14.3 Å². The number of carbonyl (C=O) groups excluding carboxylic acids is 1. The van der Waals surface area contributed by atoms with E-state index in [0.29, 0.717) is 12.5 Å². The van der Waals surface area contributed by atoms with Gasteiger partial charge in [0.15, 0.2) is 5.78 Å². The van der Waals surface area contributed by atoms with Crippen LogP contribution >= 0.6 is 0 Å². The maximum Gasteiger partial charge on any atom is 0.161 e. The van der Waals surface area contributed by atoms with Crippen molar-refractivity contribution in [3.8, 4) is 0 Å². The van der Waals surface area contributed by atoms with E-state index in [1.54, 1.807) is 0 Å². The van der Waals surface area contributed by atoms with Gasteiger partial charge in [0.25, 0.3) is 0 Å². The lowest BCUT2D eigenvalue weighted by atomic mass is 10.0. The van der Waals surface area contributed by atoms with Gasteiger partial charge in [-0.2, -0.15) is 0 Å². The van der Waals surface area contributed by atoms with Crippen LogP contribution in [0.15, 0.2) is 11.6 Å². The molecular weight excluding hydrogens is 328 g/mol. The Kier molecular flexibility index (Phi) is 6.38. The fourth-order valence-corrected chi connectivity index (χ4v) is 6.34. The summed E-state index contributed by atoms with van der Waals surface area (Å²) < 4.78 is 12.3. The third-order valence-corrected chi connectivity index (χ3v) is 8.65. The molecule has 25 heavy (non-hydrogen) atoms. The standard InChI is InChI=1S/C21H38O3Si/c1-8-9-10-11-12-19-21(24-19,25(5,6)7)15-16-13-17(14-18(16)22)23-20(2,3)4/h13,17,19H,8-12,14-15H2,1-7H3. The Bertz CT molecular complexity index is 512. The second-order valence-corrected chi connectivity index (χ2v) is 15.2. The van der Waals surface area contributed by atoms with E-state index in [4.69, 9.17) is 9.47 Å². The zero-order valence-electron chi connectivity index (χ0n) is 17.4. The molecule has 0 aromatic rings. The molecular formula is C21H38O3Si. The molecule has 0 saturated carbocycles. The predicted octanol–water partition coefficient (Wildman–Crippen LogP) is 5.44. The van der Waals surface area contributed by atoms with Crippen molar-refractivity contribution in [3.63, 3.8) is 0 Å². The lowest BCUT2D eigenvalue weighted by Gasteiger charge is -2.27. The molecule has 4 heteroatoms. The molecule has 0 radical (unpaired) electrons. The van der Waals surface area contributed by atoms with Gasteiger partial charge in [-0.15, -0.1) is 0 Å². The van der Waals surface area contributed by atoms with E-state index in [2.05, 4.69) is 32.6 Å². The number of unbranched alkanes of at least 4 members (excludes halogenated alkanes) is 3. The minimum absolute atomic E-state index is 0.0443. The molecule has 3 unspecified atom stereocenters. The van der Waals surface area contributed by atoms with Crippen LogP contribution in [0.4, 0.5) is 0 Å². The van der Waals surface area contributed by atoms with Gasteiger partial charge in [0.05, 0.1) is 31.1 Å². The number of rotatable bonds is 9. The highest BCUT2D eigenvalue weighted by molar-refractivity contribution is 6.80. The maximum atomic E-state index is 12.5. The van der Waals surface area contributed by atoms with Crippen molar-refractivity contribution in [1.82, 2.24) is 0 Å². The lowest BCUT2D eigenvalue weighted by molar-refractivity contribution is -0.118. The number of epoxide rings is 1. The van der Waals surface area contributed by atoms with Crippen LogP contribution in [0, 0.1) is 0 Å². The molecule has 0 spiro atoms. The van der Waals surface area contributed by atoms with Crippen LogP contribution < -0.4 is 0 Å². The number of ether oxygens (including phenoxy) is 2. The van der Waals surface area contributed by atoms with E-state index >= 15 is 0 Å². The highest BCUT2D eigenvalue weighted by Gasteiger charge is 2.63. The molecule has 0 aromatic carbocycles. The topological polar surface area (TPSA) is 38.8 Å². The van der Waals surface area contributed by atoms with Gasteiger partial charge < -0.3 is 9.47 Å². The third-order valence-electron chi connectivity index (χ3n) is 5.49. The van der Waals surface area contributed by atoms with Crippen LogP contribution in [0.25, 0.3) is 0 Å². The van der Waals surface area contributed by atoms with Crippen LogP contribution in [-0.4, -0.2) is 36.9 Å². The molecule has 2 rings (SSSR count). The van der Waals surface area contributed by atoms with Crippen molar-refractivity contribution >= 4 is 13.9 Å². The molecule has 1 aliphatic carbocycles. The first-order chi connectivity index (χ1) is 11.5. The average Bonchev–Trinajstić information content (AvgIpc) is 3.05. The zero-order chi connectivity index (χ0) is 18.9. The zero-order valence-corrected chi connectivity index (χ0v) is 18.4. The van der Waals surface area contributed by atoms with Gasteiger partial charge in [0, 0.05) is 12.8 Å². The summed E-state index contributed by atoms with van der Waals surface area (Å²) >= 11 is 0. The van der Waals surface area contributed by atoms with Gasteiger partial charge in [0.1, 0.15) is 0 Å². The van der Waals surface area contributed by atoms with Gasteiger partial charge in [-0.3, -0.25) is 4.79 Å². The Morgan fingerprint density at radius 2 is 1.92 bits per heavy atom. The molecule has 1 saturated heterocycles. The largest absolute Gasteiger partial charge is 0.370 e. The second-order valence-electron chi connectivity index (χ2n) is 9.86. The Morgan fingerprint density at radius 3 is 2.48 bits per heavy atom. The molecule has 0 bridgehead atoms. The van der Waals surface area contributed by atoms with E-state index in [9.17, 15) is 4.79 Å². The highest BCUT2D eigenvalue weighted by atomic mass is 28.3. The fourth-order valence-electron chi connectivity index (χ4n) is 4.01. The summed E-state index contributed by atoms with van der Waals surface area (Å²) in [4.78, 5) is 12.5. The van der Waals surface area contributed by atoms with Crippen molar-refractivity contribution in [2.24, 2.45) is 0 Å². The number of hydrogen-bond donors (Lipinski definition) is 0. The van der Waals surface area contributed by atoms with E-state index in [1.807, 2.05) is 20.8 Å². The molecule has 0 N–H and O–H groups in total.